The monoisotopic (exact) mass is 448 g/mol. The molecule has 3 rings (SSSR count). The summed E-state index contributed by atoms with van der Waals surface area (Å²) in [6.45, 7) is 3.46. The Bertz CT molecular complexity index is 953. The summed E-state index contributed by atoms with van der Waals surface area (Å²) in [6, 6.07) is 15.4. The Balaban J connectivity index is 1.40. The first-order valence-electron chi connectivity index (χ1n) is 10.4. The summed E-state index contributed by atoms with van der Waals surface area (Å²) in [4.78, 5) is 12.4. The Morgan fingerprint density at radius 1 is 1.10 bits per heavy atom. The first-order valence-corrected chi connectivity index (χ1v) is 12.4. The standard InChI is InChI=1S/C23H29ClN2O3S/c1-18-7-9-19(10-8-18)5-3-13-25-23(27)21-11-14-26(15-12-21)30(28,29)17-20-4-2-6-22(24)16-20/h2,4,6-10,16,21H,3,5,11-15,17H2,1H3,(H,25,27). The van der Waals surface area contributed by atoms with E-state index in [0.29, 0.717) is 43.1 Å². The van der Waals surface area contributed by atoms with Crippen LogP contribution in [0.3, 0.4) is 0 Å². The van der Waals surface area contributed by atoms with Crippen LogP contribution in [0.5, 0.6) is 0 Å². The second-order valence-corrected chi connectivity index (χ2v) is 10.3. The summed E-state index contributed by atoms with van der Waals surface area (Å²) in [7, 11) is -3.41. The van der Waals surface area contributed by atoms with E-state index in [9.17, 15) is 13.2 Å². The van der Waals surface area contributed by atoms with Gasteiger partial charge in [0.15, 0.2) is 0 Å². The smallest absolute Gasteiger partial charge is 0.223 e. The van der Waals surface area contributed by atoms with Gasteiger partial charge in [0.05, 0.1) is 5.75 Å². The lowest BCUT2D eigenvalue weighted by Crippen LogP contribution is -2.43. The zero-order chi connectivity index (χ0) is 21.6. The minimum Gasteiger partial charge on any atom is -0.356 e. The van der Waals surface area contributed by atoms with Gasteiger partial charge in [0.1, 0.15) is 0 Å². The number of nitrogens with zero attached hydrogens (tertiary/aromatic N) is 1. The molecule has 2 aromatic rings. The third-order valence-corrected chi connectivity index (χ3v) is 7.60. The summed E-state index contributed by atoms with van der Waals surface area (Å²) in [5.41, 5.74) is 3.19. The lowest BCUT2D eigenvalue weighted by molar-refractivity contribution is -0.126. The highest BCUT2D eigenvalue weighted by atomic mass is 35.5. The molecule has 1 N–H and O–H groups in total. The van der Waals surface area contributed by atoms with Crippen molar-refractivity contribution in [2.24, 2.45) is 5.92 Å². The van der Waals surface area contributed by atoms with E-state index < -0.39 is 10.0 Å². The van der Waals surface area contributed by atoms with Crippen molar-refractivity contribution >= 4 is 27.5 Å². The van der Waals surface area contributed by atoms with Crippen LogP contribution in [-0.4, -0.2) is 38.3 Å². The topological polar surface area (TPSA) is 66.5 Å². The molecule has 0 saturated carbocycles. The van der Waals surface area contributed by atoms with Gasteiger partial charge in [-0.05, 0) is 55.9 Å². The molecule has 0 atom stereocenters. The normalized spacial score (nSPS) is 15.8. The summed E-state index contributed by atoms with van der Waals surface area (Å²) in [6.07, 6.45) is 2.93. The molecule has 0 unspecified atom stereocenters. The second kappa shape index (κ2) is 10.4. The van der Waals surface area contributed by atoms with Crippen molar-refractivity contribution < 1.29 is 13.2 Å². The number of piperidine rings is 1. The van der Waals surface area contributed by atoms with Gasteiger partial charge in [0, 0.05) is 30.6 Å². The third kappa shape index (κ3) is 6.56. The fraction of sp³-hybridized carbons (Fsp3) is 0.435. The molecule has 0 aromatic heterocycles. The number of carbonyl (C=O) groups excluding carboxylic acids is 1. The minimum atomic E-state index is -3.41. The second-order valence-electron chi connectivity index (χ2n) is 7.94. The molecule has 7 heteroatoms. The van der Waals surface area contributed by atoms with E-state index in [0.717, 1.165) is 12.8 Å². The van der Waals surface area contributed by atoms with Crippen molar-refractivity contribution in [2.45, 2.75) is 38.4 Å². The number of carbonyl (C=O) groups is 1. The van der Waals surface area contributed by atoms with Gasteiger partial charge in [-0.15, -0.1) is 0 Å². The zero-order valence-corrected chi connectivity index (χ0v) is 18.9. The lowest BCUT2D eigenvalue weighted by atomic mass is 9.97. The molecule has 0 aliphatic carbocycles. The minimum absolute atomic E-state index is 0.0331. The average Bonchev–Trinajstić information content (AvgIpc) is 2.72. The van der Waals surface area contributed by atoms with Crippen LogP contribution in [0.2, 0.25) is 5.02 Å². The zero-order valence-electron chi connectivity index (χ0n) is 17.3. The molecule has 1 saturated heterocycles. The van der Waals surface area contributed by atoms with E-state index in [-0.39, 0.29) is 17.6 Å². The van der Waals surface area contributed by atoms with Gasteiger partial charge in [-0.3, -0.25) is 4.79 Å². The van der Waals surface area contributed by atoms with E-state index in [1.807, 2.05) is 0 Å². The molecule has 0 radical (unpaired) electrons. The van der Waals surface area contributed by atoms with Crippen LogP contribution < -0.4 is 5.32 Å². The lowest BCUT2D eigenvalue weighted by Gasteiger charge is -2.30. The van der Waals surface area contributed by atoms with Crippen molar-refractivity contribution in [3.63, 3.8) is 0 Å². The van der Waals surface area contributed by atoms with Crippen molar-refractivity contribution in [1.29, 1.82) is 0 Å². The van der Waals surface area contributed by atoms with Crippen LogP contribution in [-0.2, 0) is 27.0 Å². The van der Waals surface area contributed by atoms with Gasteiger partial charge in [-0.2, -0.15) is 0 Å². The third-order valence-electron chi connectivity index (χ3n) is 5.52. The summed E-state index contributed by atoms with van der Waals surface area (Å²) in [5.74, 6) is -0.156. The molecular formula is C23H29ClN2O3S. The Morgan fingerprint density at radius 3 is 2.47 bits per heavy atom. The molecule has 0 spiro atoms. The maximum atomic E-state index is 12.7. The first kappa shape index (κ1) is 22.8. The van der Waals surface area contributed by atoms with Crippen LogP contribution in [0.25, 0.3) is 0 Å². The number of halogens is 1. The number of rotatable bonds is 8. The van der Waals surface area contributed by atoms with Crippen molar-refractivity contribution in [3.8, 4) is 0 Å². The summed E-state index contributed by atoms with van der Waals surface area (Å²) >= 11 is 5.95. The first-order chi connectivity index (χ1) is 14.3. The van der Waals surface area contributed by atoms with Gasteiger partial charge >= 0.3 is 0 Å². The average molecular weight is 449 g/mol. The number of nitrogens with one attached hydrogen (secondary N) is 1. The molecule has 1 aliphatic rings. The summed E-state index contributed by atoms with van der Waals surface area (Å²) in [5, 5.41) is 3.54. The number of sulfonamides is 1. The van der Waals surface area contributed by atoms with Crippen LogP contribution in [0, 0.1) is 12.8 Å². The SMILES string of the molecule is Cc1ccc(CCCNC(=O)C2CCN(S(=O)(=O)Cc3cccc(Cl)c3)CC2)cc1. The van der Waals surface area contributed by atoms with E-state index in [1.165, 1.54) is 15.4 Å². The number of aryl methyl sites for hydroxylation is 2. The molecular weight excluding hydrogens is 420 g/mol. The van der Waals surface area contributed by atoms with E-state index in [4.69, 9.17) is 11.6 Å². The largest absolute Gasteiger partial charge is 0.356 e. The maximum Gasteiger partial charge on any atom is 0.223 e. The molecule has 1 amide bonds. The predicted molar refractivity (Wildman–Crippen MR) is 121 cm³/mol. The number of amides is 1. The number of hydrogen-bond acceptors (Lipinski definition) is 3. The van der Waals surface area contributed by atoms with E-state index >= 15 is 0 Å². The maximum absolute atomic E-state index is 12.7. The Kier molecular flexibility index (Phi) is 7.92. The van der Waals surface area contributed by atoms with Gasteiger partial charge in [-0.1, -0.05) is 53.6 Å². The summed E-state index contributed by atoms with van der Waals surface area (Å²) < 4.78 is 26.9. The van der Waals surface area contributed by atoms with E-state index in [2.05, 4.69) is 36.5 Å². The van der Waals surface area contributed by atoms with Gasteiger partial charge in [-0.25, -0.2) is 12.7 Å². The molecule has 1 aliphatic heterocycles. The Morgan fingerprint density at radius 2 is 1.80 bits per heavy atom. The van der Waals surface area contributed by atoms with Gasteiger partial charge in [0.2, 0.25) is 15.9 Å². The highest BCUT2D eigenvalue weighted by Crippen LogP contribution is 2.22. The van der Waals surface area contributed by atoms with E-state index in [1.54, 1.807) is 24.3 Å². The highest BCUT2D eigenvalue weighted by Gasteiger charge is 2.31. The predicted octanol–water partition coefficient (Wildman–Crippen LogP) is 3.94. The highest BCUT2D eigenvalue weighted by molar-refractivity contribution is 7.88. The van der Waals surface area contributed by atoms with Crippen LogP contribution in [0.4, 0.5) is 0 Å². The molecule has 30 heavy (non-hydrogen) atoms. The molecule has 1 heterocycles. The van der Waals surface area contributed by atoms with Crippen LogP contribution >= 0.6 is 11.6 Å². The van der Waals surface area contributed by atoms with Gasteiger partial charge < -0.3 is 5.32 Å². The molecule has 2 aromatic carbocycles. The van der Waals surface area contributed by atoms with Crippen molar-refractivity contribution in [2.75, 3.05) is 19.6 Å². The van der Waals surface area contributed by atoms with Crippen molar-refractivity contribution in [3.05, 3.63) is 70.2 Å². The molecule has 162 valence electrons. The molecule has 1 fully saturated rings. The fourth-order valence-corrected chi connectivity index (χ4v) is 5.49. The quantitative estimate of drug-likeness (QED) is 0.622. The molecule has 0 bridgehead atoms. The number of hydrogen-bond donors (Lipinski definition) is 1. The Labute approximate surface area is 184 Å². The number of benzene rings is 2. The van der Waals surface area contributed by atoms with Crippen molar-refractivity contribution in [1.82, 2.24) is 9.62 Å². The fourth-order valence-electron chi connectivity index (χ4n) is 3.73. The van der Waals surface area contributed by atoms with Crippen LogP contribution in [0.1, 0.15) is 36.0 Å². The van der Waals surface area contributed by atoms with Gasteiger partial charge in [0.25, 0.3) is 0 Å². The Hall–Kier alpha value is -1.89. The van der Waals surface area contributed by atoms with Crippen LogP contribution in [0.15, 0.2) is 48.5 Å². The molecule has 5 nitrogen and oxygen atoms in total.